The van der Waals surface area contributed by atoms with Gasteiger partial charge in [-0.15, -0.1) is 0 Å². The first kappa shape index (κ1) is 15.3. The van der Waals surface area contributed by atoms with E-state index in [-0.39, 0.29) is 11.9 Å². The fourth-order valence-corrected chi connectivity index (χ4v) is 3.16. The Balaban J connectivity index is 2.21. The van der Waals surface area contributed by atoms with Crippen molar-refractivity contribution < 1.29 is 4.39 Å². The van der Waals surface area contributed by atoms with Crippen LogP contribution in [0.5, 0.6) is 0 Å². The van der Waals surface area contributed by atoms with Crippen LogP contribution in [0.3, 0.4) is 0 Å². The summed E-state index contributed by atoms with van der Waals surface area (Å²) in [6.45, 7) is 8.59. The standard InChI is InChI=1S/C17H27FN2/c1-12(2)14-8-10-20(11-9-14)17-15(13(3)19-4)6-5-7-16(17)18/h5-7,12-14,19H,8-11H2,1-4H3. The number of piperidine rings is 1. The lowest BCUT2D eigenvalue weighted by Gasteiger charge is -2.37. The first-order valence-electron chi connectivity index (χ1n) is 7.75. The van der Waals surface area contributed by atoms with Gasteiger partial charge in [0.15, 0.2) is 0 Å². The van der Waals surface area contributed by atoms with Crippen LogP contribution >= 0.6 is 0 Å². The fraction of sp³-hybridized carbons (Fsp3) is 0.647. The Labute approximate surface area is 122 Å². The van der Waals surface area contributed by atoms with Crippen LogP contribution in [-0.2, 0) is 0 Å². The van der Waals surface area contributed by atoms with Crippen LogP contribution in [0.1, 0.15) is 45.2 Å². The van der Waals surface area contributed by atoms with Gasteiger partial charge in [-0.05, 0) is 50.3 Å². The lowest BCUT2D eigenvalue weighted by Crippen LogP contribution is -2.36. The highest BCUT2D eigenvalue weighted by Crippen LogP contribution is 2.33. The van der Waals surface area contributed by atoms with Crippen molar-refractivity contribution in [3.05, 3.63) is 29.6 Å². The second-order valence-corrected chi connectivity index (χ2v) is 6.26. The topological polar surface area (TPSA) is 15.3 Å². The smallest absolute Gasteiger partial charge is 0.146 e. The summed E-state index contributed by atoms with van der Waals surface area (Å²) in [7, 11) is 1.92. The van der Waals surface area contributed by atoms with Crippen LogP contribution in [0.4, 0.5) is 10.1 Å². The molecule has 1 aromatic rings. The summed E-state index contributed by atoms with van der Waals surface area (Å²) in [6, 6.07) is 5.59. The fourth-order valence-electron chi connectivity index (χ4n) is 3.16. The zero-order valence-electron chi connectivity index (χ0n) is 13.1. The zero-order valence-corrected chi connectivity index (χ0v) is 13.1. The van der Waals surface area contributed by atoms with Crippen LogP contribution in [0.25, 0.3) is 0 Å². The van der Waals surface area contributed by atoms with E-state index in [1.807, 2.05) is 19.2 Å². The summed E-state index contributed by atoms with van der Waals surface area (Å²) in [5.74, 6) is 1.42. The molecule has 0 saturated carbocycles. The van der Waals surface area contributed by atoms with Crippen molar-refractivity contribution in [1.82, 2.24) is 5.32 Å². The van der Waals surface area contributed by atoms with Crippen LogP contribution < -0.4 is 10.2 Å². The van der Waals surface area contributed by atoms with E-state index in [1.54, 1.807) is 6.07 Å². The molecule has 20 heavy (non-hydrogen) atoms. The Morgan fingerprint density at radius 1 is 1.20 bits per heavy atom. The van der Waals surface area contributed by atoms with Gasteiger partial charge in [-0.1, -0.05) is 26.0 Å². The third-order valence-corrected chi connectivity index (χ3v) is 4.72. The van der Waals surface area contributed by atoms with Gasteiger partial charge in [0.1, 0.15) is 5.82 Å². The largest absolute Gasteiger partial charge is 0.369 e. The summed E-state index contributed by atoms with van der Waals surface area (Å²) in [5, 5.41) is 3.22. The van der Waals surface area contributed by atoms with Gasteiger partial charge in [-0.3, -0.25) is 0 Å². The van der Waals surface area contributed by atoms with Gasteiger partial charge in [0, 0.05) is 19.1 Å². The summed E-state index contributed by atoms with van der Waals surface area (Å²) in [6.07, 6.45) is 2.33. The maximum absolute atomic E-state index is 14.3. The first-order valence-corrected chi connectivity index (χ1v) is 7.75. The first-order chi connectivity index (χ1) is 9.54. The molecule has 1 N–H and O–H groups in total. The molecule has 0 spiro atoms. The minimum absolute atomic E-state index is 0.0902. The highest BCUT2D eigenvalue weighted by Gasteiger charge is 2.25. The number of para-hydroxylation sites is 1. The molecule has 0 aliphatic carbocycles. The second-order valence-electron chi connectivity index (χ2n) is 6.26. The second kappa shape index (κ2) is 6.57. The Kier molecular flexibility index (Phi) is 5.03. The molecular weight excluding hydrogens is 251 g/mol. The van der Waals surface area contributed by atoms with Crippen molar-refractivity contribution >= 4 is 5.69 Å². The van der Waals surface area contributed by atoms with Gasteiger partial charge in [0.2, 0.25) is 0 Å². The number of nitrogens with one attached hydrogen (secondary N) is 1. The number of rotatable bonds is 4. The van der Waals surface area contributed by atoms with E-state index in [0.29, 0.717) is 0 Å². The lowest BCUT2D eigenvalue weighted by atomic mass is 9.86. The van der Waals surface area contributed by atoms with Gasteiger partial charge in [0.05, 0.1) is 5.69 Å². The molecule has 1 saturated heterocycles. The van der Waals surface area contributed by atoms with Gasteiger partial charge >= 0.3 is 0 Å². The monoisotopic (exact) mass is 278 g/mol. The van der Waals surface area contributed by atoms with E-state index in [9.17, 15) is 4.39 Å². The summed E-state index contributed by atoms with van der Waals surface area (Å²) in [4.78, 5) is 2.23. The van der Waals surface area contributed by atoms with Crippen molar-refractivity contribution in [2.45, 2.75) is 39.7 Å². The average molecular weight is 278 g/mol. The van der Waals surface area contributed by atoms with Gasteiger partial charge in [-0.2, -0.15) is 0 Å². The van der Waals surface area contributed by atoms with E-state index in [2.05, 4.69) is 31.0 Å². The maximum Gasteiger partial charge on any atom is 0.146 e. The Morgan fingerprint density at radius 2 is 1.85 bits per heavy atom. The highest BCUT2D eigenvalue weighted by molar-refractivity contribution is 5.56. The molecule has 2 nitrogen and oxygen atoms in total. The molecule has 112 valence electrons. The van der Waals surface area contributed by atoms with Crippen molar-refractivity contribution in [1.29, 1.82) is 0 Å². The van der Waals surface area contributed by atoms with Crippen LogP contribution in [0.15, 0.2) is 18.2 Å². The van der Waals surface area contributed by atoms with E-state index in [4.69, 9.17) is 0 Å². The zero-order chi connectivity index (χ0) is 14.7. The molecular formula is C17H27FN2. The van der Waals surface area contributed by atoms with Gasteiger partial charge in [0.25, 0.3) is 0 Å². The molecule has 3 heteroatoms. The van der Waals surface area contributed by atoms with Crippen molar-refractivity contribution in [3.63, 3.8) is 0 Å². The maximum atomic E-state index is 14.3. The molecule has 0 amide bonds. The predicted molar refractivity (Wildman–Crippen MR) is 83.6 cm³/mol. The highest BCUT2D eigenvalue weighted by atomic mass is 19.1. The van der Waals surface area contributed by atoms with E-state index < -0.39 is 0 Å². The van der Waals surface area contributed by atoms with Crippen molar-refractivity contribution in [3.8, 4) is 0 Å². The average Bonchev–Trinajstić information content (AvgIpc) is 2.46. The van der Waals surface area contributed by atoms with E-state index in [0.717, 1.165) is 36.2 Å². The molecule has 0 aromatic heterocycles. The molecule has 1 aliphatic heterocycles. The van der Waals surface area contributed by atoms with E-state index in [1.165, 1.54) is 12.8 Å². The van der Waals surface area contributed by atoms with Gasteiger partial charge in [-0.25, -0.2) is 4.39 Å². The third kappa shape index (κ3) is 3.14. The SMILES string of the molecule is CNC(C)c1cccc(F)c1N1CCC(C(C)C)CC1. The Hall–Kier alpha value is -1.09. The number of hydrogen-bond acceptors (Lipinski definition) is 2. The van der Waals surface area contributed by atoms with Crippen LogP contribution in [0, 0.1) is 17.7 Å². The third-order valence-electron chi connectivity index (χ3n) is 4.72. The molecule has 1 heterocycles. The molecule has 1 atom stereocenters. The molecule has 1 aromatic carbocycles. The molecule has 1 fully saturated rings. The molecule has 1 aliphatic rings. The normalized spacial score (nSPS) is 18.6. The molecule has 1 unspecified atom stereocenters. The van der Waals surface area contributed by atoms with Crippen molar-refractivity contribution in [2.24, 2.45) is 11.8 Å². The van der Waals surface area contributed by atoms with Crippen molar-refractivity contribution in [2.75, 3.05) is 25.0 Å². The number of halogens is 1. The molecule has 0 radical (unpaired) electrons. The summed E-state index contributed by atoms with van der Waals surface area (Å²) < 4.78 is 14.3. The van der Waals surface area contributed by atoms with E-state index >= 15 is 0 Å². The molecule has 2 rings (SSSR count). The Morgan fingerprint density at radius 3 is 2.40 bits per heavy atom. The predicted octanol–water partition coefficient (Wildman–Crippen LogP) is 3.98. The number of nitrogens with zero attached hydrogens (tertiary/aromatic N) is 1. The molecule has 0 bridgehead atoms. The lowest BCUT2D eigenvalue weighted by molar-refractivity contribution is 0.310. The number of benzene rings is 1. The minimum atomic E-state index is -0.0902. The summed E-state index contributed by atoms with van der Waals surface area (Å²) >= 11 is 0. The van der Waals surface area contributed by atoms with Gasteiger partial charge < -0.3 is 10.2 Å². The number of anilines is 1. The minimum Gasteiger partial charge on any atom is -0.369 e. The number of hydrogen-bond donors (Lipinski definition) is 1. The Bertz CT molecular complexity index is 437. The quantitative estimate of drug-likeness (QED) is 0.896. The van der Waals surface area contributed by atoms with Crippen LogP contribution in [0.2, 0.25) is 0 Å². The van der Waals surface area contributed by atoms with Crippen LogP contribution in [-0.4, -0.2) is 20.1 Å². The summed E-state index contributed by atoms with van der Waals surface area (Å²) in [5.41, 5.74) is 1.87.